The van der Waals surface area contributed by atoms with Crippen LogP contribution in [-0.2, 0) is 26.2 Å². The van der Waals surface area contributed by atoms with Crippen LogP contribution in [0.3, 0.4) is 0 Å². The molecular weight excluding hydrogens is 508 g/mol. The topological polar surface area (TPSA) is 126 Å². The van der Waals surface area contributed by atoms with Crippen molar-refractivity contribution in [1.82, 2.24) is 9.73 Å². The summed E-state index contributed by atoms with van der Waals surface area (Å²) < 4.78 is 38.8. The van der Waals surface area contributed by atoms with Crippen LogP contribution < -0.4 is 20.2 Å². The van der Waals surface area contributed by atoms with Gasteiger partial charge >= 0.3 is 0 Å². The molecule has 0 aliphatic carbocycles. The molecular formula is C27H30N4O6S. The van der Waals surface area contributed by atoms with Gasteiger partial charge in [-0.15, -0.1) is 0 Å². The first-order valence-electron chi connectivity index (χ1n) is 11.8. The second-order valence-electron chi connectivity index (χ2n) is 8.10. The number of hydrogen-bond acceptors (Lipinski definition) is 7. The van der Waals surface area contributed by atoms with Gasteiger partial charge in [0.25, 0.3) is 5.91 Å². The zero-order valence-corrected chi connectivity index (χ0v) is 22.2. The van der Waals surface area contributed by atoms with Crippen molar-refractivity contribution in [2.75, 3.05) is 25.6 Å². The van der Waals surface area contributed by atoms with Crippen LogP contribution in [0.1, 0.15) is 25.0 Å². The Morgan fingerprint density at radius 1 is 1.00 bits per heavy atom. The number of amides is 2. The Morgan fingerprint density at radius 3 is 2.34 bits per heavy atom. The van der Waals surface area contributed by atoms with E-state index in [0.717, 1.165) is 4.31 Å². The van der Waals surface area contributed by atoms with Crippen LogP contribution in [0.25, 0.3) is 0 Å². The van der Waals surface area contributed by atoms with E-state index in [2.05, 4.69) is 15.8 Å². The average Bonchev–Trinajstić information content (AvgIpc) is 2.90. The maximum absolute atomic E-state index is 13.5. The second-order valence-corrected chi connectivity index (χ2v) is 10.0. The Labute approximate surface area is 222 Å². The molecule has 0 spiro atoms. The number of hydrogen-bond donors (Lipinski definition) is 2. The fourth-order valence-corrected chi connectivity index (χ4v) is 4.87. The van der Waals surface area contributed by atoms with Crippen LogP contribution >= 0.6 is 0 Å². The molecule has 11 heteroatoms. The van der Waals surface area contributed by atoms with Crippen LogP contribution in [0.15, 0.2) is 82.8 Å². The molecule has 10 nitrogen and oxygen atoms in total. The molecule has 0 saturated carbocycles. The first-order valence-corrected chi connectivity index (χ1v) is 13.2. The van der Waals surface area contributed by atoms with E-state index in [1.807, 2.05) is 13.0 Å². The van der Waals surface area contributed by atoms with Crippen molar-refractivity contribution in [3.05, 3.63) is 83.9 Å². The highest BCUT2D eigenvalue weighted by molar-refractivity contribution is 7.89. The predicted octanol–water partition coefficient (Wildman–Crippen LogP) is 3.39. The monoisotopic (exact) mass is 538 g/mol. The molecule has 2 amide bonds. The largest absolute Gasteiger partial charge is 0.493 e. The zero-order chi connectivity index (χ0) is 27.5. The summed E-state index contributed by atoms with van der Waals surface area (Å²) in [5.41, 5.74) is 4.21. The number of anilines is 1. The third kappa shape index (κ3) is 7.89. The molecule has 0 heterocycles. The van der Waals surface area contributed by atoms with Gasteiger partial charge in [0.2, 0.25) is 15.9 Å². The lowest BCUT2D eigenvalue weighted by Crippen LogP contribution is -2.39. The number of sulfonamides is 1. The molecule has 0 aromatic heterocycles. The number of ether oxygens (including phenoxy) is 2. The molecule has 3 aromatic carbocycles. The van der Waals surface area contributed by atoms with Crippen LogP contribution in [0.4, 0.5) is 5.69 Å². The van der Waals surface area contributed by atoms with Crippen molar-refractivity contribution < 1.29 is 27.5 Å². The number of benzene rings is 3. The number of methoxy groups -OCH3 is 1. The molecule has 0 unspecified atom stereocenters. The van der Waals surface area contributed by atoms with Gasteiger partial charge in [0.15, 0.2) is 11.5 Å². The van der Waals surface area contributed by atoms with Crippen molar-refractivity contribution in [3.8, 4) is 11.5 Å². The fraction of sp³-hybridized carbons (Fsp3) is 0.222. The maximum Gasteiger partial charge on any atom is 0.255 e. The molecule has 0 radical (unpaired) electrons. The highest BCUT2D eigenvalue weighted by Gasteiger charge is 2.27. The smallest absolute Gasteiger partial charge is 0.255 e. The fourth-order valence-electron chi connectivity index (χ4n) is 3.49. The highest BCUT2D eigenvalue weighted by atomic mass is 32.2. The Kier molecular flexibility index (Phi) is 9.97. The lowest BCUT2D eigenvalue weighted by molar-refractivity contribution is -0.121. The summed E-state index contributed by atoms with van der Waals surface area (Å²) >= 11 is 0. The van der Waals surface area contributed by atoms with Crippen molar-refractivity contribution in [1.29, 1.82) is 0 Å². The third-order valence-corrected chi connectivity index (χ3v) is 7.03. The minimum Gasteiger partial charge on any atom is -0.493 e. The molecule has 0 fully saturated rings. The molecule has 38 heavy (non-hydrogen) atoms. The SMILES string of the molecule is CCOc1ccc(/C=N\NC(=O)CN(Cc2ccccc2)S(=O)(=O)c2ccc(NC(C)=O)cc2)cc1OC. The number of rotatable bonds is 12. The molecule has 0 aliphatic heterocycles. The summed E-state index contributed by atoms with van der Waals surface area (Å²) in [6.07, 6.45) is 1.42. The summed E-state index contributed by atoms with van der Waals surface area (Å²) in [4.78, 5) is 24.0. The number of hydrazone groups is 1. The lowest BCUT2D eigenvalue weighted by Gasteiger charge is -2.21. The highest BCUT2D eigenvalue weighted by Crippen LogP contribution is 2.27. The Hall–Kier alpha value is -4.22. The molecule has 0 atom stereocenters. The first-order chi connectivity index (χ1) is 18.2. The molecule has 3 rings (SSSR count). The minimum absolute atomic E-state index is 0.0136. The first kappa shape index (κ1) is 28.4. The minimum atomic E-state index is -4.06. The molecule has 0 aliphatic rings. The van der Waals surface area contributed by atoms with Crippen LogP contribution in [0, 0.1) is 0 Å². The van der Waals surface area contributed by atoms with Crippen molar-refractivity contribution in [2.45, 2.75) is 25.3 Å². The summed E-state index contributed by atoms with van der Waals surface area (Å²) in [6, 6.07) is 19.9. The number of nitrogens with zero attached hydrogens (tertiary/aromatic N) is 2. The predicted molar refractivity (Wildman–Crippen MR) is 145 cm³/mol. The lowest BCUT2D eigenvalue weighted by atomic mass is 10.2. The second kappa shape index (κ2) is 13.4. The Morgan fingerprint density at radius 2 is 1.71 bits per heavy atom. The van der Waals surface area contributed by atoms with Gasteiger partial charge in [-0.05, 0) is 60.5 Å². The Balaban J connectivity index is 1.76. The molecule has 2 N–H and O–H groups in total. The Bertz CT molecular complexity index is 1380. The van der Waals surface area contributed by atoms with Gasteiger partial charge in [-0.2, -0.15) is 9.41 Å². The van der Waals surface area contributed by atoms with E-state index >= 15 is 0 Å². The molecule has 0 saturated heterocycles. The van der Waals surface area contributed by atoms with E-state index in [0.29, 0.717) is 34.9 Å². The quantitative estimate of drug-likeness (QED) is 0.269. The van der Waals surface area contributed by atoms with Gasteiger partial charge in [0.1, 0.15) is 0 Å². The number of carbonyl (C=O) groups is 2. The standard InChI is InChI=1S/C27H30N4O6S/c1-4-37-25-15-10-22(16-26(25)36-3)17-28-30-27(33)19-31(18-21-8-6-5-7-9-21)38(34,35)24-13-11-23(12-14-24)29-20(2)32/h5-17H,4,18-19H2,1-3H3,(H,29,32)(H,30,33)/b28-17-. The summed E-state index contributed by atoms with van der Waals surface area (Å²) in [7, 11) is -2.54. The summed E-state index contributed by atoms with van der Waals surface area (Å²) in [6.45, 7) is 3.23. The van der Waals surface area contributed by atoms with E-state index in [1.165, 1.54) is 44.5 Å². The molecule has 0 bridgehead atoms. The van der Waals surface area contributed by atoms with Gasteiger partial charge < -0.3 is 14.8 Å². The summed E-state index contributed by atoms with van der Waals surface area (Å²) in [5.74, 6) is 0.218. The van der Waals surface area contributed by atoms with Crippen LogP contribution in [0.5, 0.6) is 11.5 Å². The molecule has 3 aromatic rings. The van der Waals surface area contributed by atoms with Crippen LogP contribution in [0.2, 0.25) is 0 Å². The van der Waals surface area contributed by atoms with E-state index in [-0.39, 0.29) is 17.3 Å². The van der Waals surface area contributed by atoms with Crippen molar-refractivity contribution in [2.24, 2.45) is 5.10 Å². The summed E-state index contributed by atoms with van der Waals surface area (Å²) in [5, 5.41) is 6.56. The van der Waals surface area contributed by atoms with Gasteiger partial charge in [-0.25, -0.2) is 13.8 Å². The normalized spacial score (nSPS) is 11.4. The van der Waals surface area contributed by atoms with E-state index in [9.17, 15) is 18.0 Å². The zero-order valence-electron chi connectivity index (χ0n) is 21.4. The van der Waals surface area contributed by atoms with Crippen molar-refractivity contribution >= 4 is 33.7 Å². The number of carbonyl (C=O) groups excluding carboxylic acids is 2. The molecule has 200 valence electrons. The van der Waals surface area contributed by atoms with Crippen LogP contribution in [-0.4, -0.2) is 51.0 Å². The van der Waals surface area contributed by atoms with E-state index in [4.69, 9.17) is 9.47 Å². The van der Waals surface area contributed by atoms with Gasteiger partial charge in [0.05, 0.1) is 31.4 Å². The van der Waals surface area contributed by atoms with Gasteiger partial charge in [0, 0.05) is 19.2 Å². The van der Waals surface area contributed by atoms with Crippen molar-refractivity contribution in [3.63, 3.8) is 0 Å². The van der Waals surface area contributed by atoms with E-state index < -0.39 is 22.5 Å². The average molecular weight is 539 g/mol. The number of nitrogens with one attached hydrogen (secondary N) is 2. The maximum atomic E-state index is 13.5. The van der Waals surface area contributed by atoms with E-state index in [1.54, 1.807) is 42.5 Å². The van der Waals surface area contributed by atoms with Gasteiger partial charge in [-0.1, -0.05) is 30.3 Å². The third-order valence-electron chi connectivity index (χ3n) is 5.22. The van der Waals surface area contributed by atoms with Gasteiger partial charge in [-0.3, -0.25) is 9.59 Å².